The van der Waals surface area contributed by atoms with Crippen molar-refractivity contribution in [3.63, 3.8) is 0 Å². The molecular formula is C24H37N3. The first-order chi connectivity index (χ1) is 13.3. The monoisotopic (exact) mass is 367 g/mol. The number of hydrogen-bond acceptors (Lipinski definition) is 3. The van der Waals surface area contributed by atoms with Crippen molar-refractivity contribution < 1.29 is 0 Å². The van der Waals surface area contributed by atoms with Crippen LogP contribution in [0.2, 0.25) is 0 Å². The fraction of sp³-hybridized carbons (Fsp3) is 0.667. The van der Waals surface area contributed by atoms with Crippen LogP contribution < -0.4 is 0 Å². The third-order valence-electron chi connectivity index (χ3n) is 6.02. The van der Waals surface area contributed by atoms with Crippen molar-refractivity contribution in [2.75, 3.05) is 19.6 Å². The fourth-order valence-corrected chi connectivity index (χ4v) is 4.36. The first-order valence-electron chi connectivity index (χ1n) is 11.2. The molecule has 1 aliphatic rings. The highest BCUT2D eigenvalue weighted by Gasteiger charge is 2.09. The summed E-state index contributed by atoms with van der Waals surface area (Å²) < 4.78 is 0. The molecule has 0 radical (unpaired) electrons. The van der Waals surface area contributed by atoms with Crippen LogP contribution in [0.1, 0.15) is 81.7 Å². The molecule has 1 aromatic heterocycles. The Labute approximate surface area is 165 Å². The van der Waals surface area contributed by atoms with Crippen LogP contribution in [-0.4, -0.2) is 34.5 Å². The number of unbranched alkanes of at least 4 members (excludes halogenated alkanes) is 5. The summed E-state index contributed by atoms with van der Waals surface area (Å²) in [5.74, 6) is 0.863. The highest BCUT2D eigenvalue weighted by atomic mass is 15.1. The van der Waals surface area contributed by atoms with Gasteiger partial charge in [-0.3, -0.25) is 0 Å². The Morgan fingerprint density at radius 1 is 0.889 bits per heavy atom. The van der Waals surface area contributed by atoms with E-state index in [0.29, 0.717) is 0 Å². The Bertz CT molecular complexity index is 704. The Hall–Kier alpha value is -1.48. The van der Waals surface area contributed by atoms with Crippen molar-refractivity contribution in [1.29, 1.82) is 0 Å². The van der Waals surface area contributed by atoms with Crippen LogP contribution in [0.4, 0.5) is 0 Å². The number of nitrogens with zero attached hydrogens (tertiary/aromatic N) is 3. The molecule has 1 fully saturated rings. The molecule has 0 aliphatic carbocycles. The van der Waals surface area contributed by atoms with Gasteiger partial charge in [0, 0.05) is 11.6 Å². The van der Waals surface area contributed by atoms with E-state index in [1.165, 1.54) is 100 Å². The summed E-state index contributed by atoms with van der Waals surface area (Å²) in [6.45, 7) is 8.24. The molecule has 1 saturated heterocycles. The summed E-state index contributed by atoms with van der Waals surface area (Å²) in [7, 11) is 0. The second-order valence-corrected chi connectivity index (χ2v) is 8.22. The van der Waals surface area contributed by atoms with Gasteiger partial charge < -0.3 is 4.90 Å². The zero-order valence-electron chi connectivity index (χ0n) is 17.5. The lowest BCUT2D eigenvalue weighted by atomic mass is 9.97. The van der Waals surface area contributed by atoms with E-state index in [9.17, 15) is 0 Å². The molecule has 0 atom stereocenters. The Morgan fingerprint density at radius 3 is 2.41 bits per heavy atom. The summed E-state index contributed by atoms with van der Waals surface area (Å²) in [6, 6.07) is 4.60. The Balaban J connectivity index is 1.36. The zero-order valence-corrected chi connectivity index (χ0v) is 17.5. The van der Waals surface area contributed by atoms with Gasteiger partial charge in [0.05, 0.1) is 5.52 Å². The molecule has 0 spiro atoms. The molecule has 3 nitrogen and oxygen atoms in total. The van der Waals surface area contributed by atoms with Crippen LogP contribution in [0.3, 0.4) is 0 Å². The number of aromatic nitrogens is 2. The highest BCUT2D eigenvalue weighted by Crippen LogP contribution is 2.21. The van der Waals surface area contributed by atoms with Gasteiger partial charge in [-0.2, -0.15) is 0 Å². The number of piperidine rings is 1. The number of likely N-dealkylation sites (tertiary alicyclic amines) is 1. The lowest BCUT2D eigenvalue weighted by Gasteiger charge is -2.26. The number of fused-ring (bicyclic) bond motifs is 1. The molecule has 0 bridgehead atoms. The van der Waals surface area contributed by atoms with E-state index in [4.69, 9.17) is 0 Å². The molecule has 1 aliphatic heterocycles. The first kappa shape index (κ1) is 20.3. The largest absolute Gasteiger partial charge is 0.303 e. The van der Waals surface area contributed by atoms with Gasteiger partial charge in [-0.05, 0) is 88.3 Å². The van der Waals surface area contributed by atoms with Crippen LogP contribution in [0.5, 0.6) is 0 Å². The second-order valence-electron chi connectivity index (χ2n) is 8.22. The van der Waals surface area contributed by atoms with Gasteiger partial charge in [-0.15, -0.1) is 0 Å². The zero-order chi connectivity index (χ0) is 18.9. The van der Waals surface area contributed by atoms with Crippen molar-refractivity contribution >= 4 is 10.9 Å². The van der Waals surface area contributed by atoms with Gasteiger partial charge in [0.1, 0.15) is 5.82 Å². The van der Waals surface area contributed by atoms with E-state index >= 15 is 0 Å². The number of benzene rings is 1. The molecule has 148 valence electrons. The molecule has 0 saturated carbocycles. The third-order valence-corrected chi connectivity index (χ3v) is 6.02. The first-order valence-corrected chi connectivity index (χ1v) is 11.2. The topological polar surface area (TPSA) is 29.0 Å². The molecule has 1 aromatic carbocycles. The molecule has 0 unspecified atom stereocenters. The maximum absolute atomic E-state index is 4.61. The van der Waals surface area contributed by atoms with Crippen LogP contribution in [0, 0.1) is 6.92 Å². The predicted molar refractivity (Wildman–Crippen MR) is 115 cm³/mol. The average Bonchev–Trinajstić information content (AvgIpc) is 2.70. The van der Waals surface area contributed by atoms with Gasteiger partial charge in [-0.1, -0.05) is 39.0 Å². The molecular weight excluding hydrogens is 330 g/mol. The van der Waals surface area contributed by atoms with Crippen LogP contribution in [-0.2, 0) is 12.8 Å². The smallest absolute Gasteiger partial charge is 0.125 e. The van der Waals surface area contributed by atoms with E-state index in [1.807, 2.05) is 13.1 Å². The third kappa shape index (κ3) is 6.27. The van der Waals surface area contributed by atoms with Gasteiger partial charge >= 0.3 is 0 Å². The van der Waals surface area contributed by atoms with Crippen LogP contribution >= 0.6 is 0 Å². The average molecular weight is 368 g/mol. The Kier molecular flexibility index (Phi) is 8.07. The maximum Gasteiger partial charge on any atom is 0.125 e. The fourth-order valence-electron chi connectivity index (χ4n) is 4.36. The quantitative estimate of drug-likeness (QED) is 0.492. The van der Waals surface area contributed by atoms with Crippen molar-refractivity contribution in [2.24, 2.45) is 0 Å². The highest BCUT2D eigenvalue weighted by molar-refractivity contribution is 5.79. The molecule has 2 aromatic rings. The van der Waals surface area contributed by atoms with E-state index in [2.05, 4.69) is 33.9 Å². The summed E-state index contributed by atoms with van der Waals surface area (Å²) in [5, 5.41) is 1.18. The van der Waals surface area contributed by atoms with Gasteiger partial charge in [-0.25, -0.2) is 9.97 Å². The normalized spacial score (nSPS) is 15.5. The summed E-state index contributed by atoms with van der Waals surface area (Å²) in [5.41, 5.74) is 4.07. The molecule has 0 amide bonds. The number of aryl methyl sites for hydroxylation is 3. The summed E-state index contributed by atoms with van der Waals surface area (Å²) in [6.07, 6.45) is 16.8. The lowest BCUT2D eigenvalue weighted by Crippen LogP contribution is -2.30. The van der Waals surface area contributed by atoms with E-state index in [-0.39, 0.29) is 0 Å². The van der Waals surface area contributed by atoms with Gasteiger partial charge in [0.2, 0.25) is 0 Å². The van der Waals surface area contributed by atoms with Gasteiger partial charge in [0.25, 0.3) is 0 Å². The number of hydrogen-bond donors (Lipinski definition) is 0. The van der Waals surface area contributed by atoms with Crippen LogP contribution in [0.25, 0.3) is 10.9 Å². The SMILES string of the molecule is CCc1cc2cnc(C)nc2cc1CCCCCCCCN1CCCCC1. The molecule has 27 heavy (non-hydrogen) atoms. The summed E-state index contributed by atoms with van der Waals surface area (Å²) >= 11 is 0. The molecule has 2 heterocycles. The van der Waals surface area contributed by atoms with Crippen molar-refractivity contribution in [3.8, 4) is 0 Å². The van der Waals surface area contributed by atoms with Crippen LogP contribution in [0.15, 0.2) is 18.3 Å². The van der Waals surface area contributed by atoms with Crippen molar-refractivity contribution in [2.45, 2.75) is 84.5 Å². The second kappa shape index (κ2) is 10.8. The Morgan fingerprint density at radius 2 is 1.63 bits per heavy atom. The lowest BCUT2D eigenvalue weighted by molar-refractivity contribution is 0.224. The standard InChI is InChI=1S/C24H37N3/c1-3-21-17-23-19-25-20(2)26-24(23)18-22(21)13-9-6-4-5-7-10-14-27-15-11-8-12-16-27/h17-19H,3-16H2,1-2H3. The van der Waals surface area contributed by atoms with Gasteiger partial charge in [0.15, 0.2) is 0 Å². The molecule has 3 rings (SSSR count). The minimum atomic E-state index is 0.863. The van der Waals surface area contributed by atoms with Crippen molar-refractivity contribution in [1.82, 2.24) is 14.9 Å². The maximum atomic E-state index is 4.61. The minimum absolute atomic E-state index is 0.863. The minimum Gasteiger partial charge on any atom is -0.303 e. The predicted octanol–water partition coefficient (Wildman–Crippen LogP) is 5.87. The van der Waals surface area contributed by atoms with E-state index < -0.39 is 0 Å². The van der Waals surface area contributed by atoms with E-state index in [0.717, 1.165) is 17.8 Å². The summed E-state index contributed by atoms with van der Waals surface area (Å²) in [4.78, 5) is 11.6. The number of rotatable bonds is 10. The molecule has 0 N–H and O–H groups in total. The van der Waals surface area contributed by atoms with Crippen molar-refractivity contribution in [3.05, 3.63) is 35.3 Å². The molecule has 3 heteroatoms. The van der Waals surface area contributed by atoms with E-state index in [1.54, 1.807) is 0 Å².